The Labute approximate surface area is 181 Å². The Morgan fingerprint density at radius 1 is 1.15 bits per heavy atom. The summed E-state index contributed by atoms with van der Waals surface area (Å²) in [5, 5.41) is 1.24. The van der Waals surface area contributed by atoms with Crippen molar-refractivity contribution in [3.8, 4) is 10.6 Å². The van der Waals surface area contributed by atoms with Crippen LogP contribution in [0.4, 0.5) is 5.69 Å². The van der Waals surface area contributed by atoms with E-state index in [0.717, 1.165) is 43.9 Å². The van der Waals surface area contributed by atoms with E-state index >= 15 is 0 Å². The molecule has 1 aromatic carbocycles. The van der Waals surface area contributed by atoms with Crippen LogP contribution >= 0.6 is 11.3 Å². The summed E-state index contributed by atoms with van der Waals surface area (Å²) in [4.78, 5) is 8.76. The van der Waals surface area contributed by atoms with Gasteiger partial charge in [0.1, 0.15) is 14.1 Å². The Morgan fingerprint density at radius 2 is 1.89 bits per heavy atom. The van der Waals surface area contributed by atoms with Gasteiger partial charge in [0.25, 0.3) is 0 Å². The second kappa shape index (κ2) is 8.41. The van der Waals surface area contributed by atoms with Crippen molar-refractivity contribution >= 4 is 27.2 Å². The Kier molecular flexibility index (Phi) is 6.38. The zero-order valence-corrected chi connectivity index (χ0v) is 19.4. The number of aryl methyl sites for hydroxylation is 2. The molecule has 0 amide bonds. The van der Waals surface area contributed by atoms with Gasteiger partial charge in [-0.1, -0.05) is 6.92 Å². The van der Waals surface area contributed by atoms with Crippen LogP contribution in [0.2, 0.25) is 0 Å². The summed E-state index contributed by atoms with van der Waals surface area (Å²) in [5.74, 6) is 0. The number of hydrogen-bond acceptors (Lipinski definition) is 4. The van der Waals surface area contributed by atoms with Crippen LogP contribution in [0.3, 0.4) is 0 Å². The molecule has 4 rings (SSSR count). The van der Waals surface area contributed by atoms with E-state index in [1.807, 2.05) is 11.3 Å². The molecule has 4 nitrogen and oxygen atoms in total. The smallest absolute Gasteiger partial charge is 0.201 e. The maximum atomic E-state index is 5.50. The number of benzene rings is 2. The van der Waals surface area contributed by atoms with E-state index in [9.17, 15) is 0 Å². The van der Waals surface area contributed by atoms with Crippen molar-refractivity contribution in [1.82, 2.24) is 9.56 Å². The van der Waals surface area contributed by atoms with Gasteiger partial charge in [-0.2, -0.15) is 0 Å². The molecule has 0 spiro atoms. The molecule has 0 saturated carbocycles. The number of hydrogen-bond donors (Lipinski definition) is 0. The zero-order chi connectivity index (χ0) is 18.3. The number of halogens is 1. The first-order valence-corrected chi connectivity index (χ1v) is 10.1. The van der Waals surface area contributed by atoms with Gasteiger partial charge in [0.15, 0.2) is 0 Å². The number of fused-ring (bicyclic) bond motifs is 2. The fourth-order valence-electron chi connectivity index (χ4n) is 3.57. The van der Waals surface area contributed by atoms with Crippen molar-refractivity contribution in [2.24, 2.45) is 0 Å². The van der Waals surface area contributed by atoms with Crippen LogP contribution in [-0.4, -0.2) is 45.4 Å². The minimum atomic E-state index is 0. The average Bonchev–Trinajstić information content (AvgIpc) is 2.66. The van der Waals surface area contributed by atoms with Gasteiger partial charge in [0, 0.05) is 30.9 Å². The minimum absolute atomic E-state index is 0. The zero-order valence-electron chi connectivity index (χ0n) is 16.4. The van der Waals surface area contributed by atoms with Gasteiger partial charge < -0.3 is 33.6 Å². The SMILES string of the molecule is CCc1cc(=[N+](C)C)cc2sc3cc(N4CCOCC4)cc(C)c3nc1-2.[I-]. The summed E-state index contributed by atoms with van der Waals surface area (Å²) in [5.41, 5.74) is 6.14. The molecule has 0 bridgehead atoms. The molecule has 0 aromatic heterocycles. The lowest BCUT2D eigenvalue weighted by Gasteiger charge is -2.29. The molecule has 0 N–H and O–H groups in total. The molecular formula is C21H26IN3OS. The summed E-state index contributed by atoms with van der Waals surface area (Å²) in [7, 11) is 4.20. The minimum Gasteiger partial charge on any atom is -1.00 e. The van der Waals surface area contributed by atoms with Gasteiger partial charge in [0.2, 0.25) is 5.36 Å². The molecule has 1 aliphatic carbocycles. The first-order chi connectivity index (χ1) is 12.6. The first kappa shape index (κ1) is 20.5. The molecule has 2 heterocycles. The van der Waals surface area contributed by atoms with Crippen molar-refractivity contribution in [2.45, 2.75) is 20.3 Å². The number of rotatable bonds is 2. The topological polar surface area (TPSA) is 28.4 Å². The third-order valence-electron chi connectivity index (χ3n) is 5.11. The maximum absolute atomic E-state index is 5.50. The Balaban J connectivity index is 0.00000210. The highest BCUT2D eigenvalue weighted by Gasteiger charge is 2.17. The van der Waals surface area contributed by atoms with E-state index in [1.165, 1.54) is 31.7 Å². The third-order valence-corrected chi connectivity index (χ3v) is 6.17. The molecule has 1 fully saturated rings. The van der Waals surface area contributed by atoms with Crippen LogP contribution in [0.25, 0.3) is 20.8 Å². The largest absolute Gasteiger partial charge is 1.00 e. The van der Waals surface area contributed by atoms with Crippen molar-refractivity contribution in [2.75, 3.05) is 45.3 Å². The standard InChI is InChI=1S/C21H26N3OS.HI/c1-5-15-11-16(23(3)4)12-19-21(15)22-20-14(2)10-17(13-18(20)26-19)24-6-8-25-9-7-24;/h10-13H,5-9H2,1-4H3;1H/q+1;/p-1. The van der Waals surface area contributed by atoms with Crippen molar-refractivity contribution in [3.05, 3.63) is 40.7 Å². The lowest BCUT2D eigenvalue weighted by Crippen LogP contribution is -3.00. The molecule has 0 radical (unpaired) electrons. The maximum Gasteiger partial charge on any atom is 0.201 e. The van der Waals surface area contributed by atoms with Gasteiger partial charge in [-0.25, -0.2) is 9.56 Å². The van der Waals surface area contributed by atoms with Crippen LogP contribution < -0.4 is 38.8 Å². The van der Waals surface area contributed by atoms with Crippen molar-refractivity contribution in [1.29, 1.82) is 0 Å². The Bertz CT molecular complexity index is 1000. The summed E-state index contributed by atoms with van der Waals surface area (Å²) in [6.45, 7) is 7.92. The predicted molar refractivity (Wildman–Crippen MR) is 111 cm³/mol. The number of nitrogens with zero attached hydrogens (tertiary/aromatic N) is 3. The number of aromatic nitrogens is 1. The van der Waals surface area contributed by atoms with Crippen LogP contribution in [0.15, 0.2) is 24.3 Å². The summed E-state index contributed by atoms with van der Waals surface area (Å²) < 4.78 is 8.93. The van der Waals surface area contributed by atoms with Gasteiger partial charge in [-0.3, -0.25) is 0 Å². The highest BCUT2D eigenvalue weighted by Crippen LogP contribution is 2.35. The fraction of sp³-hybridized carbons (Fsp3) is 0.429. The first-order valence-electron chi connectivity index (χ1n) is 9.28. The average molecular weight is 495 g/mol. The normalized spacial score (nSPS) is 14.4. The lowest BCUT2D eigenvalue weighted by atomic mass is 10.1. The Morgan fingerprint density at radius 3 is 2.56 bits per heavy atom. The molecule has 6 heteroatoms. The van der Waals surface area contributed by atoms with Crippen LogP contribution in [-0.2, 0) is 11.2 Å². The molecule has 1 saturated heterocycles. The molecular weight excluding hydrogens is 469 g/mol. The van der Waals surface area contributed by atoms with E-state index in [-0.39, 0.29) is 24.0 Å². The summed E-state index contributed by atoms with van der Waals surface area (Å²) >= 11 is 1.86. The van der Waals surface area contributed by atoms with Gasteiger partial charge >= 0.3 is 0 Å². The predicted octanol–water partition coefficient (Wildman–Crippen LogP) is 0.144. The van der Waals surface area contributed by atoms with Gasteiger partial charge in [0.05, 0.1) is 34.0 Å². The van der Waals surface area contributed by atoms with Crippen molar-refractivity contribution < 1.29 is 28.7 Å². The van der Waals surface area contributed by atoms with E-state index in [0.29, 0.717) is 0 Å². The second-order valence-electron chi connectivity index (χ2n) is 7.12. The summed E-state index contributed by atoms with van der Waals surface area (Å²) in [6, 6.07) is 9.12. The highest BCUT2D eigenvalue weighted by atomic mass is 127. The van der Waals surface area contributed by atoms with Crippen LogP contribution in [0.5, 0.6) is 0 Å². The van der Waals surface area contributed by atoms with Crippen LogP contribution in [0, 0.1) is 6.92 Å². The molecule has 3 aliphatic rings. The van der Waals surface area contributed by atoms with E-state index in [2.05, 4.69) is 61.7 Å². The number of anilines is 1. The molecule has 144 valence electrons. The number of morpholine rings is 1. The monoisotopic (exact) mass is 495 g/mol. The quantitative estimate of drug-likeness (QED) is 0.288. The lowest BCUT2D eigenvalue weighted by molar-refractivity contribution is -0.00000610. The van der Waals surface area contributed by atoms with E-state index < -0.39 is 0 Å². The van der Waals surface area contributed by atoms with E-state index in [4.69, 9.17) is 9.72 Å². The number of ether oxygens (including phenoxy) is 1. The Hall–Kier alpha value is -1.25. The van der Waals surface area contributed by atoms with E-state index in [1.54, 1.807) is 0 Å². The van der Waals surface area contributed by atoms with Crippen molar-refractivity contribution in [3.63, 3.8) is 0 Å². The fourth-order valence-corrected chi connectivity index (χ4v) is 4.74. The molecule has 2 aliphatic heterocycles. The van der Waals surface area contributed by atoms with Gasteiger partial charge in [-0.15, -0.1) is 11.3 Å². The van der Waals surface area contributed by atoms with Gasteiger partial charge in [-0.05, 0) is 36.6 Å². The second-order valence-corrected chi connectivity index (χ2v) is 8.21. The summed E-state index contributed by atoms with van der Waals surface area (Å²) in [6.07, 6.45) is 0.994. The third kappa shape index (κ3) is 3.98. The highest BCUT2D eigenvalue weighted by molar-refractivity contribution is 7.21. The molecule has 1 aromatic rings. The molecule has 0 atom stereocenters. The molecule has 0 unspecified atom stereocenters. The molecule has 27 heavy (non-hydrogen) atoms. The van der Waals surface area contributed by atoms with Crippen LogP contribution in [0.1, 0.15) is 18.1 Å².